The van der Waals surface area contributed by atoms with Crippen molar-refractivity contribution in [1.29, 1.82) is 0 Å². The van der Waals surface area contributed by atoms with Gasteiger partial charge in [0.15, 0.2) is 0 Å². The Labute approximate surface area is 140 Å². The molecule has 0 aliphatic rings. The van der Waals surface area contributed by atoms with E-state index in [1.807, 2.05) is 31.2 Å². The molecule has 0 radical (unpaired) electrons. The van der Waals surface area contributed by atoms with Gasteiger partial charge >= 0.3 is 5.69 Å². The topological polar surface area (TPSA) is 52.7 Å². The summed E-state index contributed by atoms with van der Waals surface area (Å²) in [5.74, 6) is 0. The van der Waals surface area contributed by atoms with E-state index in [0.29, 0.717) is 0 Å². The molecule has 0 aliphatic carbocycles. The predicted octanol–water partition coefficient (Wildman–Crippen LogP) is 3.34. The Hall–Kier alpha value is -2.47. The maximum Gasteiger partial charge on any atom is 0.333 e. The first-order chi connectivity index (χ1) is 11.1. The smallest absolute Gasteiger partial charge is 0.293 e. The first-order valence-electron chi connectivity index (χ1n) is 7.14. The van der Waals surface area contributed by atoms with Gasteiger partial charge in [-0.3, -0.25) is 19.1 Å². The molecule has 23 heavy (non-hydrogen) atoms. The number of benzene rings is 1. The average molecular weight is 369 g/mol. The van der Waals surface area contributed by atoms with Gasteiger partial charge < -0.3 is 0 Å². The Kier molecular flexibility index (Phi) is 3.09. The highest BCUT2D eigenvalue weighted by molar-refractivity contribution is 9.10. The number of fused-ring (bicyclic) bond motifs is 3. The molecule has 5 nitrogen and oxygen atoms in total. The van der Waals surface area contributed by atoms with Gasteiger partial charge in [0.05, 0.1) is 34.6 Å². The van der Waals surface area contributed by atoms with Gasteiger partial charge in [-0.15, -0.1) is 0 Å². The quantitative estimate of drug-likeness (QED) is 0.517. The van der Waals surface area contributed by atoms with E-state index in [4.69, 9.17) is 0 Å². The number of nitrogens with zero attached hydrogens (tertiary/aromatic N) is 4. The zero-order valence-electron chi connectivity index (χ0n) is 12.6. The van der Waals surface area contributed by atoms with Gasteiger partial charge in [0, 0.05) is 23.1 Å². The summed E-state index contributed by atoms with van der Waals surface area (Å²) >= 11 is 3.50. The molecule has 0 fully saturated rings. The van der Waals surface area contributed by atoms with E-state index in [2.05, 4.69) is 25.9 Å². The molecular formula is C17H13BrN4O. The lowest BCUT2D eigenvalue weighted by molar-refractivity contribution is 0.841. The summed E-state index contributed by atoms with van der Waals surface area (Å²) in [6.07, 6.45) is 5.20. The van der Waals surface area contributed by atoms with Gasteiger partial charge in [0.1, 0.15) is 0 Å². The van der Waals surface area contributed by atoms with E-state index >= 15 is 0 Å². The fourth-order valence-corrected chi connectivity index (χ4v) is 3.24. The fourth-order valence-electron chi connectivity index (χ4n) is 2.88. The van der Waals surface area contributed by atoms with Gasteiger partial charge in [-0.05, 0) is 36.8 Å². The van der Waals surface area contributed by atoms with Crippen molar-refractivity contribution in [2.75, 3.05) is 0 Å². The standard InChI is InChI=1S/C17H13BrN4O/c1-10-5-6-19-8-14(10)22-16-12-7-11(18)3-4-13(12)20-9-15(16)21(2)17(22)23/h3-9H,1-2H3. The predicted molar refractivity (Wildman–Crippen MR) is 94.0 cm³/mol. The van der Waals surface area contributed by atoms with Crippen LogP contribution in [0.5, 0.6) is 0 Å². The number of hydrogen-bond donors (Lipinski definition) is 0. The van der Waals surface area contributed by atoms with E-state index in [0.717, 1.165) is 37.7 Å². The highest BCUT2D eigenvalue weighted by Crippen LogP contribution is 2.28. The molecule has 0 spiro atoms. The van der Waals surface area contributed by atoms with Crippen molar-refractivity contribution in [2.45, 2.75) is 6.92 Å². The number of halogens is 1. The Bertz CT molecular complexity index is 1130. The molecule has 0 bridgehead atoms. The van der Waals surface area contributed by atoms with Crippen LogP contribution in [-0.2, 0) is 7.05 Å². The van der Waals surface area contributed by atoms with E-state index in [1.165, 1.54) is 0 Å². The number of hydrogen-bond acceptors (Lipinski definition) is 3. The van der Waals surface area contributed by atoms with Crippen molar-refractivity contribution in [3.8, 4) is 5.69 Å². The molecule has 3 aromatic heterocycles. The molecule has 0 aliphatic heterocycles. The van der Waals surface area contributed by atoms with Crippen LogP contribution in [0.25, 0.3) is 27.6 Å². The van der Waals surface area contributed by atoms with Gasteiger partial charge in [-0.25, -0.2) is 4.79 Å². The van der Waals surface area contributed by atoms with Crippen molar-refractivity contribution in [1.82, 2.24) is 19.1 Å². The van der Waals surface area contributed by atoms with E-state index < -0.39 is 0 Å². The molecule has 0 amide bonds. The Morgan fingerprint density at radius 2 is 2.00 bits per heavy atom. The van der Waals surface area contributed by atoms with Gasteiger partial charge in [-0.1, -0.05) is 15.9 Å². The van der Waals surface area contributed by atoms with Crippen LogP contribution in [0.3, 0.4) is 0 Å². The second-order valence-electron chi connectivity index (χ2n) is 5.49. The van der Waals surface area contributed by atoms with Crippen LogP contribution >= 0.6 is 15.9 Å². The molecule has 6 heteroatoms. The molecule has 0 saturated carbocycles. The van der Waals surface area contributed by atoms with E-state index in [1.54, 1.807) is 34.8 Å². The minimum Gasteiger partial charge on any atom is -0.293 e. The second-order valence-corrected chi connectivity index (χ2v) is 6.41. The lowest BCUT2D eigenvalue weighted by Gasteiger charge is -2.08. The monoisotopic (exact) mass is 368 g/mol. The van der Waals surface area contributed by atoms with Crippen molar-refractivity contribution in [3.63, 3.8) is 0 Å². The van der Waals surface area contributed by atoms with Crippen LogP contribution in [-0.4, -0.2) is 19.1 Å². The van der Waals surface area contributed by atoms with Crippen molar-refractivity contribution in [2.24, 2.45) is 7.05 Å². The molecule has 1 aromatic carbocycles. The van der Waals surface area contributed by atoms with Gasteiger partial charge in [0.25, 0.3) is 0 Å². The van der Waals surface area contributed by atoms with E-state index in [9.17, 15) is 4.79 Å². The van der Waals surface area contributed by atoms with Crippen molar-refractivity contribution < 1.29 is 0 Å². The van der Waals surface area contributed by atoms with Crippen LogP contribution in [0, 0.1) is 6.92 Å². The maximum absolute atomic E-state index is 12.8. The number of imidazole rings is 1. The van der Waals surface area contributed by atoms with E-state index in [-0.39, 0.29) is 5.69 Å². The second kappa shape index (κ2) is 5.03. The third-order valence-electron chi connectivity index (χ3n) is 4.10. The van der Waals surface area contributed by atoms with Crippen LogP contribution in [0.1, 0.15) is 5.56 Å². The average Bonchev–Trinajstić information content (AvgIpc) is 2.80. The minimum atomic E-state index is -0.106. The molecule has 0 N–H and O–H groups in total. The Balaban J connectivity index is 2.28. The lowest BCUT2D eigenvalue weighted by atomic mass is 10.2. The third-order valence-corrected chi connectivity index (χ3v) is 4.59. The summed E-state index contributed by atoms with van der Waals surface area (Å²) in [5, 5.41) is 0.929. The molecule has 0 unspecified atom stereocenters. The van der Waals surface area contributed by atoms with Crippen molar-refractivity contribution in [3.05, 3.63) is 63.4 Å². The highest BCUT2D eigenvalue weighted by Gasteiger charge is 2.17. The third kappa shape index (κ3) is 2.02. The Morgan fingerprint density at radius 1 is 1.17 bits per heavy atom. The number of aryl methyl sites for hydroxylation is 2. The zero-order chi connectivity index (χ0) is 16.1. The van der Waals surface area contributed by atoms with Crippen LogP contribution in [0.2, 0.25) is 0 Å². The molecule has 0 saturated heterocycles. The minimum absolute atomic E-state index is 0.106. The van der Waals surface area contributed by atoms with Crippen LogP contribution in [0.4, 0.5) is 0 Å². The molecule has 114 valence electrons. The Morgan fingerprint density at radius 3 is 2.78 bits per heavy atom. The number of aromatic nitrogens is 4. The summed E-state index contributed by atoms with van der Waals surface area (Å²) in [6, 6.07) is 7.78. The van der Waals surface area contributed by atoms with Crippen molar-refractivity contribution >= 4 is 37.9 Å². The van der Waals surface area contributed by atoms with Gasteiger partial charge in [-0.2, -0.15) is 0 Å². The normalized spacial score (nSPS) is 11.4. The molecular weight excluding hydrogens is 356 g/mol. The molecule has 4 rings (SSSR count). The summed E-state index contributed by atoms with van der Waals surface area (Å²) in [4.78, 5) is 21.5. The lowest BCUT2D eigenvalue weighted by Crippen LogP contribution is -2.21. The first kappa shape index (κ1) is 14.1. The largest absolute Gasteiger partial charge is 0.333 e. The number of pyridine rings is 2. The fraction of sp³-hybridized carbons (Fsp3) is 0.118. The molecule has 0 atom stereocenters. The maximum atomic E-state index is 12.8. The van der Waals surface area contributed by atoms with Crippen LogP contribution < -0.4 is 5.69 Å². The number of rotatable bonds is 1. The first-order valence-corrected chi connectivity index (χ1v) is 7.94. The zero-order valence-corrected chi connectivity index (χ0v) is 14.2. The molecule has 4 aromatic rings. The SMILES string of the molecule is Cc1ccncc1-n1c(=O)n(C)c2cnc3ccc(Br)cc3c21. The van der Waals surface area contributed by atoms with Gasteiger partial charge in [0.2, 0.25) is 0 Å². The summed E-state index contributed by atoms with van der Waals surface area (Å²) in [6.45, 7) is 1.97. The summed E-state index contributed by atoms with van der Waals surface area (Å²) in [7, 11) is 1.76. The highest BCUT2D eigenvalue weighted by atomic mass is 79.9. The summed E-state index contributed by atoms with van der Waals surface area (Å²) in [5.41, 5.74) is 4.17. The van der Waals surface area contributed by atoms with Crippen LogP contribution in [0.15, 0.2) is 52.1 Å². The molecule has 3 heterocycles. The summed E-state index contributed by atoms with van der Waals surface area (Å²) < 4.78 is 4.29.